The fourth-order valence-electron chi connectivity index (χ4n) is 2.13. The number of ether oxygens (including phenoxy) is 3. The third-order valence-corrected chi connectivity index (χ3v) is 3.85. The monoisotopic (exact) mass is 380 g/mol. The van der Waals surface area contributed by atoms with E-state index in [1.54, 1.807) is 19.1 Å². The van der Waals surface area contributed by atoms with Crippen molar-refractivity contribution in [2.45, 2.75) is 26.3 Å². The Kier molecular flexibility index (Phi) is 8.77. The quantitative estimate of drug-likeness (QED) is 0.562. The number of methoxy groups -OCH3 is 1. The number of carbonyl (C=O) groups excluding carboxylic acids is 4. The van der Waals surface area contributed by atoms with E-state index in [1.807, 2.05) is 6.92 Å². The molecule has 1 aromatic rings. The van der Waals surface area contributed by atoms with Crippen molar-refractivity contribution in [3.8, 4) is 5.75 Å². The normalized spacial score (nSPS) is 12.4. The van der Waals surface area contributed by atoms with Crippen LogP contribution in [-0.4, -0.2) is 50.1 Å². The van der Waals surface area contributed by atoms with Crippen molar-refractivity contribution in [1.82, 2.24) is 5.32 Å². The molecule has 1 aromatic carbocycles. The molecule has 0 radical (unpaired) electrons. The highest BCUT2D eigenvalue weighted by atomic mass is 16.6. The minimum atomic E-state index is -0.829. The summed E-state index contributed by atoms with van der Waals surface area (Å²) in [6, 6.07) is 5.32. The Morgan fingerprint density at radius 2 is 1.81 bits per heavy atom. The van der Waals surface area contributed by atoms with E-state index >= 15 is 0 Å². The van der Waals surface area contributed by atoms with Crippen LogP contribution in [0.25, 0.3) is 0 Å². The van der Waals surface area contributed by atoms with Gasteiger partial charge in [-0.15, -0.1) is 0 Å². The van der Waals surface area contributed by atoms with E-state index in [0.29, 0.717) is 6.42 Å². The zero-order valence-electron chi connectivity index (χ0n) is 15.5. The van der Waals surface area contributed by atoms with E-state index in [0.717, 1.165) is 0 Å². The molecule has 0 aliphatic heterocycles. The molecule has 0 fully saturated rings. The number of nitrogens with two attached hydrogens (primary N) is 1. The van der Waals surface area contributed by atoms with Gasteiger partial charge in [0.2, 0.25) is 0 Å². The molecule has 27 heavy (non-hydrogen) atoms. The average molecular weight is 380 g/mol. The number of esters is 2. The first-order valence-corrected chi connectivity index (χ1v) is 8.34. The van der Waals surface area contributed by atoms with E-state index in [4.69, 9.17) is 15.2 Å². The molecule has 0 aliphatic carbocycles. The van der Waals surface area contributed by atoms with Gasteiger partial charge in [-0.25, -0.2) is 9.59 Å². The van der Waals surface area contributed by atoms with Crippen LogP contribution in [0.15, 0.2) is 24.3 Å². The molecule has 0 aliphatic rings. The predicted octanol–water partition coefficient (Wildman–Crippen LogP) is 0.411. The van der Waals surface area contributed by atoms with Crippen molar-refractivity contribution in [2.24, 2.45) is 11.7 Å². The topological polar surface area (TPSA) is 134 Å². The molecular formula is C18H24N2O7. The molecular weight excluding hydrogens is 356 g/mol. The third-order valence-electron chi connectivity index (χ3n) is 3.85. The SMILES string of the molecule is CC[C@@H](C)[C@H](NC(=O)COC(=O)COc1ccccc1C(N)=O)C(=O)OC. The largest absolute Gasteiger partial charge is 0.481 e. The Morgan fingerprint density at radius 1 is 1.15 bits per heavy atom. The van der Waals surface area contributed by atoms with Crippen molar-refractivity contribution < 1.29 is 33.4 Å². The van der Waals surface area contributed by atoms with Crippen LogP contribution in [0, 0.1) is 5.92 Å². The van der Waals surface area contributed by atoms with Crippen molar-refractivity contribution in [1.29, 1.82) is 0 Å². The number of para-hydroxylation sites is 1. The molecule has 3 N–H and O–H groups in total. The van der Waals surface area contributed by atoms with E-state index in [9.17, 15) is 19.2 Å². The van der Waals surface area contributed by atoms with Crippen LogP contribution in [0.2, 0.25) is 0 Å². The van der Waals surface area contributed by atoms with Gasteiger partial charge >= 0.3 is 11.9 Å². The van der Waals surface area contributed by atoms with Gasteiger partial charge < -0.3 is 25.3 Å². The lowest BCUT2D eigenvalue weighted by Crippen LogP contribution is -2.47. The Bertz CT molecular complexity index is 690. The van der Waals surface area contributed by atoms with Crippen LogP contribution in [0.1, 0.15) is 30.6 Å². The maximum atomic E-state index is 11.9. The molecule has 0 heterocycles. The number of nitrogens with one attached hydrogen (secondary N) is 1. The van der Waals surface area contributed by atoms with E-state index in [2.05, 4.69) is 10.1 Å². The summed E-state index contributed by atoms with van der Waals surface area (Å²) < 4.78 is 14.7. The molecule has 0 saturated heterocycles. The molecule has 2 atom stereocenters. The van der Waals surface area contributed by atoms with Crippen molar-refractivity contribution in [3.63, 3.8) is 0 Å². The maximum Gasteiger partial charge on any atom is 0.344 e. The Morgan fingerprint density at radius 3 is 2.41 bits per heavy atom. The van der Waals surface area contributed by atoms with Crippen LogP contribution >= 0.6 is 0 Å². The Balaban J connectivity index is 2.51. The number of rotatable bonds is 10. The molecule has 2 amide bonds. The van der Waals surface area contributed by atoms with Gasteiger partial charge in [-0.2, -0.15) is 0 Å². The van der Waals surface area contributed by atoms with Crippen molar-refractivity contribution in [2.75, 3.05) is 20.3 Å². The van der Waals surface area contributed by atoms with Gasteiger partial charge in [0.1, 0.15) is 11.8 Å². The number of benzene rings is 1. The fourth-order valence-corrected chi connectivity index (χ4v) is 2.13. The van der Waals surface area contributed by atoms with Gasteiger partial charge in [-0.05, 0) is 18.1 Å². The predicted molar refractivity (Wildman–Crippen MR) is 94.8 cm³/mol. The highest BCUT2D eigenvalue weighted by Gasteiger charge is 2.27. The number of carbonyl (C=O) groups is 4. The number of hydrogen-bond acceptors (Lipinski definition) is 7. The van der Waals surface area contributed by atoms with Crippen molar-refractivity contribution >= 4 is 23.8 Å². The summed E-state index contributed by atoms with van der Waals surface area (Å²) in [5, 5.41) is 2.48. The summed E-state index contributed by atoms with van der Waals surface area (Å²) in [6.45, 7) is 2.57. The third kappa shape index (κ3) is 6.96. The first kappa shape index (κ1) is 21.9. The molecule has 9 heteroatoms. The van der Waals surface area contributed by atoms with E-state index in [1.165, 1.54) is 19.2 Å². The lowest BCUT2D eigenvalue weighted by atomic mass is 9.99. The maximum absolute atomic E-state index is 11.9. The van der Waals surface area contributed by atoms with Crippen LogP contribution in [0.3, 0.4) is 0 Å². The average Bonchev–Trinajstić information content (AvgIpc) is 2.67. The summed E-state index contributed by atoms with van der Waals surface area (Å²) in [5.41, 5.74) is 5.33. The molecule has 9 nitrogen and oxygen atoms in total. The Labute approximate surface area is 157 Å². The molecule has 1 rings (SSSR count). The summed E-state index contributed by atoms with van der Waals surface area (Å²) in [7, 11) is 1.23. The first-order valence-electron chi connectivity index (χ1n) is 8.34. The minimum absolute atomic E-state index is 0.123. The standard InChI is InChI=1S/C18H24N2O7/c1-4-11(2)16(18(24)25-3)20-14(21)9-27-15(22)10-26-13-8-6-5-7-12(13)17(19)23/h5-8,11,16H,4,9-10H2,1-3H3,(H2,19,23)(H,20,21)/t11-,16+/m1/s1. The second-order valence-corrected chi connectivity index (χ2v) is 5.76. The number of amides is 2. The smallest absolute Gasteiger partial charge is 0.344 e. The highest BCUT2D eigenvalue weighted by Crippen LogP contribution is 2.17. The number of hydrogen-bond donors (Lipinski definition) is 2. The number of primary amides is 1. The molecule has 0 saturated carbocycles. The zero-order valence-corrected chi connectivity index (χ0v) is 15.5. The molecule has 148 valence electrons. The van der Waals surface area contributed by atoms with Crippen LogP contribution in [0.5, 0.6) is 5.75 Å². The van der Waals surface area contributed by atoms with Gasteiger partial charge in [-0.1, -0.05) is 32.4 Å². The lowest BCUT2D eigenvalue weighted by Gasteiger charge is -2.21. The van der Waals surface area contributed by atoms with Gasteiger partial charge in [0.05, 0.1) is 12.7 Å². The second kappa shape index (κ2) is 10.8. The van der Waals surface area contributed by atoms with Crippen LogP contribution in [-0.2, 0) is 23.9 Å². The highest BCUT2D eigenvalue weighted by molar-refractivity contribution is 5.95. The summed E-state index contributed by atoms with van der Waals surface area (Å²) in [4.78, 5) is 46.7. The van der Waals surface area contributed by atoms with Gasteiger partial charge in [0.25, 0.3) is 11.8 Å². The van der Waals surface area contributed by atoms with E-state index in [-0.39, 0.29) is 17.2 Å². The molecule has 0 aromatic heterocycles. The molecule has 0 spiro atoms. The fraction of sp³-hybridized carbons (Fsp3) is 0.444. The van der Waals surface area contributed by atoms with Crippen molar-refractivity contribution in [3.05, 3.63) is 29.8 Å². The summed E-state index contributed by atoms with van der Waals surface area (Å²) >= 11 is 0. The first-order chi connectivity index (χ1) is 12.8. The van der Waals surface area contributed by atoms with Gasteiger partial charge in [0.15, 0.2) is 13.2 Å². The van der Waals surface area contributed by atoms with Crippen LogP contribution in [0.4, 0.5) is 0 Å². The summed E-state index contributed by atoms with van der Waals surface area (Å²) in [5.74, 6) is -2.74. The van der Waals surface area contributed by atoms with Gasteiger partial charge in [-0.3, -0.25) is 9.59 Å². The van der Waals surface area contributed by atoms with Gasteiger partial charge in [0, 0.05) is 0 Å². The summed E-state index contributed by atoms with van der Waals surface area (Å²) in [6.07, 6.45) is 0.646. The lowest BCUT2D eigenvalue weighted by molar-refractivity contribution is -0.152. The minimum Gasteiger partial charge on any atom is -0.481 e. The van der Waals surface area contributed by atoms with Crippen LogP contribution < -0.4 is 15.8 Å². The zero-order chi connectivity index (χ0) is 20.4. The molecule has 0 bridgehead atoms. The van der Waals surface area contributed by atoms with E-state index < -0.39 is 43.0 Å². The molecule has 0 unspecified atom stereocenters. The second-order valence-electron chi connectivity index (χ2n) is 5.76. The Hall–Kier alpha value is -3.10.